The summed E-state index contributed by atoms with van der Waals surface area (Å²) in [6.45, 7) is 4.79. The molecule has 14 nitrogen and oxygen atoms in total. The molecule has 0 aromatic heterocycles. The summed E-state index contributed by atoms with van der Waals surface area (Å²) in [7, 11) is 1.46. The lowest BCUT2D eigenvalue weighted by atomic mass is 10.0. The normalized spacial score (nSPS) is 26.5. The predicted molar refractivity (Wildman–Crippen MR) is 159 cm³/mol. The van der Waals surface area contributed by atoms with E-state index in [-0.39, 0.29) is 44.2 Å². The van der Waals surface area contributed by atoms with E-state index in [4.69, 9.17) is 0 Å². The molecule has 0 bridgehead atoms. The van der Waals surface area contributed by atoms with Gasteiger partial charge in [0.1, 0.15) is 30.2 Å². The van der Waals surface area contributed by atoms with Crippen molar-refractivity contribution in [3.05, 3.63) is 35.9 Å². The van der Waals surface area contributed by atoms with E-state index in [9.17, 15) is 33.6 Å². The predicted octanol–water partition coefficient (Wildman–Crippen LogP) is -1.51. The second-order valence-electron chi connectivity index (χ2n) is 11.6. The van der Waals surface area contributed by atoms with Crippen molar-refractivity contribution in [1.29, 1.82) is 0 Å². The first-order valence-electron chi connectivity index (χ1n) is 14.9. The number of nitrogens with zero attached hydrogens (tertiary/aromatic N) is 1. The number of benzene rings is 1. The zero-order valence-corrected chi connectivity index (χ0v) is 25.6. The van der Waals surface area contributed by atoms with Gasteiger partial charge in [-0.2, -0.15) is 0 Å². The fourth-order valence-electron chi connectivity index (χ4n) is 5.01. The van der Waals surface area contributed by atoms with Crippen LogP contribution in [0.1, 0.15) is 52.0 Å². The lowest BCUT2D eigenvalue weighted by molar-refractivity contribution is -0.139. The van der Waals surface area contributed by atoms with Crippen LogP contribution < -0.4 is 31.9 Å². The molecule has 44 heavy (non-hydrogen) atoms. The molecule has 14 heteroatoms. The van der Waals surface area contributed by atoms with E-state index in [1.54, 1.807) is 13.8 Å². The topological polar surface area (TPSA) is 195 Å². The summed E-state index contributed by atoms with van der Waals surface area (Å²) in [6, 6.07) is 4.13. The first kappa shape index (κ1) is 34.0. The van der Waals surface area contributed by atoms with Gasteiger partial charge < -0.3 is 36.8 Å². The largest absolute Gasteiger partial charge is 0.355 e. The Labute approximate surface area is 256 Å². The van der Waals surface area contributed by atoms with Gasteiger partial charge in [0.05, 0.1) is 6.54 Å². The van der Waals surface area contributed by atoms with Crippen LogP contribution in [0.2, 0.25) is 0 Å². The zero-order valence-electron chi connectivity index (χ0n) is 25.6. The number of nitrogens with one attached hydrogen (secondary N) is 6. The summed E-state index contributed by atoms with van der Waals surface area (Å²) >= 11 is 0. The number of hydrogen-bond acceptors (Lipinski definition) is 7. The number of hydrogen-bond donors (Lipinski definition) is 6. The summed E-state index contributed by atoms with van der Waals surface area (Å²) in [6.07, 6.45) is 1.08. The Hall–Kier alpha value is -4.49. The Bertz CT molecular complexity index is 1240. The molecule has 1 aromatic carbocycles. The van der Waals surface area contributed by atoms with Gasteiger partial charge in [-0.3, -0.25) is 33.6 Å². The van der Waals surface area contributed by atoms with Crippen LogP contribution >= 0.6 is 0 Å². The molecular formula is C30H43N7O7. The van der Waals surface area contributed by atoms with Crippen LogP contribution in [-0.2, 0) is 40.0 Å². The van der Waals surface area contributed by atoms with Crippen molar-refractivity contribution in [2.24, 2.45) is 5.92 Å². The van der Waals surface area contributed by atoms with Gasteiger partial charge in [-0.25, -0.2) is 0 Å². The van der Waals surface area contributed by atoms with E-state index >= 15 is 0 Å². The van der Waals surface area contributed by atoms with Gasteiger partial charge in [-0.1, -0.05) is 44.2 Å². The van der Waals surface area contributed by atoms with Crippen molar-refractivity contribution in [3.63, 3.8) is 0 Å². The van der Waals surface area contributed by atoms with Gasteiger partial charge in [0, 0.05) is 26.4 Å². The van der Waals surface area contributed by atoms with Crippen molar-refractivity contribution in [1.82, 2.24) is 36.8 Å². The molecule has 5 atom stereocenters. The highest BCUT2D eigenvalue weighted by atomic mass is 16.2. The summed E-state index contributed by atoms with van der Waals surface area (Å²) in [4.78, 5) is 91.6. The van der Waals surface area contributed by atoms with Gasteiger partial charge in [0.2, 0.25) is 41.4 Å². The van der Waals surface area contributed by atoms with Crippen LogP contribution in [0.25, 0.3) is 0 Å². The van der Waals surface area contributed by atoms with Crippen LogP contribution in [0.4, 0.5) is 0 Å². The third-order valence-electron chi connectivity index (χ3n) is 7.59. The lowest BCUT2D eigenvalue weighted by Crippen LogP contribution is -2.60. The lowest BCUT2D eigenvalue weighted by Gasteiger charge is -2.28. The highest BCUT2D eigenvalue weighted by Crippen LogP contribution is 2.10. The summed E-state index contributed by atoms with van der Waals surface area (Å²) in [5.74, 6) is -3.93. The fraction of sp³-hybridized carbons (Fsp3) is 0.567. The van der Waals surface area contributed by atoms with Crippen LogP contribution in [0.5, 0.6) is 0 Å². The Morgan fingerprint density at radius 3 is 2.25 bits per heavy atom. The molecule has 2 aliphatic heterocycles. The number of carbonyl (C=O) groups excluding carboxylic acids is 7. The maximum atomic E-state index is 13.4. The minimum absolute atomic E-state index is 0.123. The average Bonchev–Trinajstić information content (AvgIpc) is 3.42. The van der Waals surface area contributed by atoms with Crippen molar-refractivity contribution in [3.8, 4) is 0 Å². The maximum Gasteiger partial charge on any atom is 0.245 e. The van der Waals surface area contributed by atoms with Gasteiger partial charge in [0.15, 0.2) is 0 Å². The smallest absolute Gasteiger partial charge is 0.245 e. The highest BCUT2D eigenvalue weighted by molar-refractivity contribution is 5.97. The van der Waals surface area contributed by atoms with Crippen LogP contribution in [0.3, 0.4) is 0 Å². The molecule has 2 saturated heterocycles. The van der Waals surface area contributed by atoms with E-state index < -0.39 is 65.7 Å². The molecule has 0 radical (unpaired) electrons. The van der Waals surface area contributed by atoms with Gasteiger partial charge in [-0.15, -0.1) is 0 Å². The first-order valence-corrected chi connectivity index (χ1v) is 14.9. The van der Waals surface area contributed by atoms with Crippen molar-refractivity contribution >= 4 is 41.4 Å². The molecule has 7 amide bonds. The Balaban J connectivity index is 1.82. The molecule has 0 unspecified atom stereocenters. The van der Waals surface area contributed by atoms with E-state index in [0.29, 0.717) is 12.8 Å². The molecule has 1 aromatic rings. The molecule has 240 valence electrons. The van der Waals surface area contributed by atoms with E-state index in [0.717, 1.165) is 5.56 Å². The van der Waals surface area contributed by atoms with Crippen molar-refractivity contribution in [2.45, 2.75) is 83.1 Å². The third-order valence-corrected chi connectivity index (χ3v) is 7.59. The minimum Gasteiger partial charge on any atom is -0.355 e. The average molecular weight is 614 g/mol. The van der Waals surface area contributed by atoms with Crippen molar-refractivity contribution in [2.75, 3.05) is 20.1 Å². The molecule has 0 spiro atoms. The van der Waals surface area contributed by atoms with Crippen LogP contribution in [0, 0.1) is 5.92 Å². The van der Waals surface area contributed by atoms with Crippen molar-refractivity contribution < 1.29 is 33.6 Å². The van der Waals surface area contributed by atoms with E-state index in [1.807, 2.05) is 30.3 Å². The van der Waals surface area contributed by atoms with Crippen LogP contribution in [0.15, 0.2) is 30.3 Å². The summed E-state index contributed by atoms with van der Waals surface area (Å²) in [5, 5.41) is 16.0. The molecule has 6 N–H and O–H groups in total. The minimum atomic E-state index is -1.07. The molecule has 2 fully saturated rings. The molecule has 2 heterocycles. The second kappa shape index (κ2) is 15.8. The van der Waals surface area contributed by atoms with Crippen LogP contribution in [-0.4, -0.2) is 96.6 Å². The molecule has 0 aliphatic carbocycles. The Morgan fingerprint density at radius 2 is 1.61 bits per heavy atom. The number of rotatable bonds is 5. The SMILES string of the molecule is CC(C)[C@H]1NC(=O)[C@@H](NC(=O)[C@@H]2CCC(=O)N2)CCCNC(=O)CN(C)C(=O)[C@H](Cc2ccccc2)NC(=O)[C@@H](C)NC1=O. The van der Waals surface area contributed by atoms with Gasteiger partial charge >= 0.3 is 0 Å². The summed E-state index contributed by atoms with van der Waals surface area (Å²) in [5.41, 5.74) is 0.794. The first-order chi connectivity index (χ1) is 20.8. The fourth-order valence-corrected chi connectivity index (χ4v) is 5.01. The molecule has 2 aliphatic rings. The number of likely N-dealkylation sites (N-methyl/N-ethyl adjacent to an activating group) is 1. The standard InChI is InChI=1S/C30H43N7O7/c1-17(2)25-29(43)32-18(3)26(40)35-22(15-19-9-6-5-7-10-19)30(44)37(4)16-24(39)31-14-8-11-20(28(42)36-25)34-27(41)21-12-13-23(38)33-21/h5-7,9-10,17-18,20-22,25H,8,11-16H2,1-4H3,(H,31,39)(H,32,43)(H,33,38)(H,34,41)(H,35,40)(H,36,42)/t18-,20+,21+,22+,25-/m1/s1. The maximum absolute atomic E-state index is 13.4. The molecule has 0 saturated carbocycles. The third kappa shape index (κ3) is 9.78. The number of amides is 7. The number of carbonyl (C=O) groups is 7. The van der Waals surface area contributed by atoms with E-state index in [1.165, 1.54) is 18.9 Å². The van der Waals surface area contributed by atoms with E-state index in [2.05, 4.69) is 31.9 Å². The zero-order chi connectivity index (χ0) is 32.4. The monoisotopic (exact) mass is 613 g/mol. The van der Waals surface area contributed by atoms with Gasteiger partial charge in [-0.05, 0) is 37.7 Å². The quantitative estimate of drug-likeness (QED) is 0.232. The second-order valence-corrected chi connectivity index (χ2v) is 11.6. The van der Waals surface area contributed by atoms with Gasteiger partial charge in [0.25, 0.3) is 0 Å². The molecular weight excluding hydrogens is 570 g/mol. The summed E-state index contributed by atoms with van der Waals surface area (Å²) < 4.78 is 0. The Morgan fingerprint density at radius 1 is 0.909 bits per heavy atom. The highest BCUT2D eigenvalue weighted by Gasteiger charge is 2.34. The molecule has 3 rings (SSSR count). The Kier molecular flexibility index (Phi) is 12.2.